The van der Waals surface area contributed by atoms with Crippen LogP contribution >= 0.6 is 11.3 Å². The maximum Gasteiger partial charge on any atom is 0.337 e. The minimum atomic E-state index is -1.12. The van der Waals surface area contributed by atoms with Crippen LogP contribution in [-0.4, -0.2) is 23.7 Å². The van der Waals surface area contributed by atoms with Crippen LogP contribution in [0.25, 0.3) is 20.5 Å². The van der Waals surface area contributed by atoms with Gasteiger partial charge < -0.3 is 15.2 Å². The molecule has 3 aromatic rings. The Morgan fingerprint density at radius 1 is 1.13 bits per heavy atom. The van der Waals surface area contributed by atoms with E-state index in [4.69, 9.17) is 4.74 Å². The standard InChI is InChI=1S/C24H17NO5S/c1-12-19(23(27)28)20(21-16(25-12)11-30-24(21)29)15-9-5-8-14-17(26)10-18(31-22(14)15)13-6-3-2-4-7-13/h2-10,20,25H,11H2,1H3,(H,27,28). The highest BCUT2D eigenvalue weighted by molar-refractivity contribution is 7.21. The SMILES string of the molecule is CC1=C(C(=O)O)C(c2cccc3c(=O)cc(-c4ccccc4)sc23)C2=C(COC2=O)N1. The van der Waals surface area contributed by atoms with Crippen molar-refractivity contribution in [3.63, 3.8) is 0 Å². The van der Waals surface area contributed by atoms with E-state index in [0.717, 1.165) is 10.4 Å². The lowest BCUT2D eigenvalue weighted by atomic mass is 9.80. The molecular weight excluding hydrogens is 414 g/mol. The van der Waals surface area contributed by atoms with Crippen molar-refractivity contribution in [1.82, 2.24) is 5.32 Å². The zero-order chi connectivity index (χ0) is 21.7. The van der Waals surface area contributed by atoms with E-state index in [0.29, 0.717) is 32.6 Å². The highest BCUT2D eigenvalue weighted by Crippen LogP contribution is 2.44. The molecule has 6 nitrogen and oxygen atoms in total. The first-order valence-electron chi connectivity index (χ1n) is 9.69. The number of hydrogen-bond donors (Lipinski definition) is 2. The summed E-state index contributed by atoms with van der Waals surface area (Å²) in [5.74, 6) is -2.48. The molecular formula is C24H17NO5S. The van der Waals surface area contributed by atoms with Crippen LogP contribution < -0.4 is 10.7 Å². The van der Waals surface area contributed by atoms with Gasteiger partial charge in [-0.05, 0) is 24.1 Å². The Labute approximate surface area is 181 Å². The summed E-state index contributed by atoms with van der Waals surface area (Å²) in [6, 6.07) is 16.4. The third kappa shape index (κ3) is 3.05. The molecule has 31 heavy (non-hydrogen) atoms. The number of hydrogen-bond acceptors (Lipinski definition) is 6. The maximum absolute atomic E-state index is 12.9. The predicted octanol–water partition coefficient (Wildman–Crippen LogP) is 3.78. The summed E-state index contributed by atoms with van der Waals surface area (Å²) in [5.41, 5.74) is 2.76. The van der Waals surface area contributed by atoms with Gasteiger partial charge in [0.25, 0.3) is 0 Å². The van der Waals surface area contributed by atoms with Crippen molar-refractivity contribution in [1.29, 1.82) is 0 Å². The fourth-order valence-corrected chi connectivity index (χ4v) is 5.45. The van der Waals surface area contributed by atoms with Gasteiger partial charge in [-0.1, -0.05) is 42.5 Å². The van der Waals surface area contributed by atoms with Crippen LogP contribution in [0.15, 0.2) is 81.9 Å². The number of benzene rings is 2. The van der Waals surface area contributed by atoms with E-state index in [1.165, 1.54) is 11.3 Å². The van der Waals surface area contributed by atoms with E-state index in [-0.39, 0.29) is 17.6 Å². The summed E-state index contributed by atoms with van der Waals surface area (Å²) in [6.07, 6.45) is 0. The molecule has 0 spiro atoms. The zero-order valence-corrected chi connectivity index (χ0v) is 17.3. The number of ether oxygens (including phenoxy) is 1. The van der Waals surface area contributed by atoms with Crippen LogP contribution in [-0.2, 0) is 14.3 Å². The summed E-state index contributed by atoms with van der Waals surface area (Å²) < 4.78 is 5.87. The van der Waals surface area contributed by atoms with E-state index in [2.05, 4.69) is 5.32 Å². The van der Waals surface area contributed by atoms with Gasteiger partial charge in [-0.2, -0.15) is 0 Å². The molecule has 154 valence electrons. The minimum Gasteiger partial charge on any atom is -0.478 e. The van der Waals surface area contributed by atoms with Gasteiger partial charge in [0, 0.05) is 26.7 Å². The summed E-state index contributed by atoms with van der Waals surface area (Å²) in [5, 5.41) is 13.5. The van der Waals surface area contributed by atoms with Crippen molar-refractivity contribution in [2.45, 2.75) is 12.8 Å². The average Bonchev–Trinajstić information content (AvgIpc) is 3.13. The second-order valence-corrected chi connectivity index (χ2v) is 8.49. The molecule has 7 heteroatoms. The number of carbonyl (C=O) groups is 2. The number of esters is 1. The number of allylic oxidation sites excluding steroid dienone is 1. The Kier molecular flexibility index (Phi) is 4.48. The fraction of sp³-hybridized carbons (Fsp3) is 0.125. The Bertz CT molecular complexity index is 1380. The van der Waals surface area contributed by atoms with Gasteiger partial charge in [-0.15, -0.1) is 11.3 Å². The number of rotatable bonds is 3. The van der Waals surface area contributed by atoms with Crippen molar-refractivity contribution in [2.75, 3.05) is 6.61 Å². The van der Waals surface area contributed by atoms with Gasteiger partial charge in [-0.3, -0.25) is 4.79 Å². The van der Waals surface area contributed by atoms with Crippen LogP contribution in [0.4, 0.5) is 0 Å². The fourth-order valence-electron chi connectivity index (χ4n) is 4.23. The van der Waals surface area contributed by atoms with Crippen molar-refractivity contribution in [3.8, 4) is 10.4 Å². The maximum atomic E-state index is 12.9. The molecule has 2 N–H and O–H groups in total. The number of aliphatic carboxylic acids is 1. The lowest BCUT2D eigenvalue weighted by molar-refractivity contribution is -0.136. The smallest absolute Gasteiger partial charge is 0.337 e. The zero-order valence-electron chi connectivity index (χ0n) is 16.5. The van der Waals surface area contributed by atoms with Crippen molar-refractivity contribution < 1.29 is 19.4 Å². The number of nitrogens with one attached hydrogen (secondary N) is 1. The molecule has 0 fully saturated rings. The molecule has 2 aliphatic rings. The molecule has 5 rings (SSSR count). The largest absolute Gasteiger partial charge is 0.478 e. The number of fused-ring (bicyclic) bond motifs is 1. The normalized spacial score (nSPS) is 18.1. The number of carbonyl (C=O) groups excluding carboxylic acids is 1. The molecule has 1 aromatic heterocycles. The van der Waals surface area contributed by atoms with Crippen LogP contribution in [0.3, 0.4) is 0 Å². The molecule has 0 saturated carbocycles. The van der Waals surface area contributed by atoms with E-state index >= 15 is 0 Å². The summed E-state index contributed by atoms with van der Waals surface area (Å²) in [4.78, 5) is 38.5. The molecule has 0 aliphatic carbocycles. The van der Waals surface area contributed by atoms with Gasteiger partial charge in [0.2, 0.25) is 0 Å². The van der Waals surface area contributed by atoms with Gasteiger partial charge in [0.1, 0.15) is 6.61 Å². The molecule has 0 saturated heterocycles. The van der Waals surface area contributed by atoms with Crippen LogP contribution in [0, 0.1) is 0 Å². The molecule has 0 radical (unpaired) electrons. The Balaban J connectivity index is 1.82. The topological polar surface area (TPSA) is 92.7 Å². The van der Waals surface area contributed by atoms with Crippen LogP contribution in [0.2, 0.25) is 0 Å². The molecule has 2 aliphatic heterocycles. The highest BCUT2D eigenvalue weighted by atomic mass is 32.1. The monoisotopic (exact) mass is 431 g/mol. The first kappa shape index (κ1) is 19.3. The highest BCUT2D eigenvalue weighted by Gasteiger charge is 2.42. The van der Waals surface area contributed by atoms with E-state index in [9.17, 15) is 19.5 Å². The summed E-state index contributed by atoms with van der Waals surface area (Å²) in [6.45, 7) is 1.75. The van der Waals surface area contributed by atoms with Gasteiger partial charge in [0.05, 0.1) is 22.8 Å². The van der Waals surface area contributed by atoms with E-state index in [1.807, 2.05) is 30.3 Å². The van der Waals surface area contributed by atoms with Crippen LogP contribution in [0.5, 0.6) is 0 Å². The van der Waals surface area contributed by atoms with E-state index in [1.54, 1.807) is 31.2 Å². The van der Waals surface area contributed by atoms with Crippen molar-refractivity contribution in [2.24, 2.45) is 0 Å². The van der Waals surface area contributed by atoms with Crippen molar-refractivity contribution >= 4 is 33.4 Å². The first-order chi connectivity index (χ1) is 15.0. The Hall–Kier alpha value is -3.71. The number of carboxylic acid groups (broad SMARTS) is 1. The first-order valence-corrected chi connectivity index (χ1v) is 10.5. The summed E-state index contributed by atoms with van der Waals surface area (Å²) >= 11 is 1.41. The van der Waals surface area contributed by atoms with Crippen molar-refractivity contribution in [3.05, 3.63) is 92.9 Å². The quantitative estimate of drug-likeness (QED) is 0.613. The Morgan fingerprint density at radius 3 is 2.65 bits per heavy atom. The lowest BCUT2D eigenvalue weighted by Gasteiger charge is -2.27. The summed E-state index contributed by atoms with van der Waals surface area (Å²) in [7, 11) is 0. The molecule has 3 heterocycles. The average molecular weight is 431 g/mol. The Morgan fingerprint density at radius 2 is 1.90 bits per heavy atom. The van der Waals surface area contributed by atoms with Crippen LogP contribution in [0.1, 0.15) is 18.4 Å². The molecule has 2 aromatic carbocycles. The second kappa shape index (κ2) is 7.21. The minimum absolute atomic E-state index is 0.0746. The van der Waals surface area contributed by atoms with Gasteiger partial charge in [0.15, 0.2) is 5.43 Å². The molecule has 0 bridgehead atoms. The lowest BCUT2D eigenvalue weighted by Crippen LogP contribution is -2.29. The second-order valence-electron chi connectivity index (χ2n) is 7.44. The molecule has 1 atom stereocenters. The number of carboxylic acids is 1. The van der Waals surface area contributed by atoms with E-state index < -0.39 is 17.9 Å². The van der Waals surface area contributed by atoms with Gasteiger partial charge in [-0.25, -0.2) is 9.59 Å². The molecule has 0 amide bonds. The number of dihydropyridines is 1. The third-order valence-corrected chi connectivity index (χ3v) is 6.83. The predicted molar refractivity (Wildman–Crippen MR) is 118 cm³/mol. The third-order valence-electron chi connectivity index (χ3n) is 5.60. The molecule has 1 unspecified atom stereocenters. The number of cyclic esters (lactones) is 1. The van der Waals surface area contributed by atoms with Gasteiger partial charge >= 0.3 is 11.9 Å².